The number of carbonyl (C=O) groups is 1. The molecule has 1 aromatic heterocycles. The number of thiophene rings is 1. The minimum atomic E-state index is -0.519. The SMILES string of the molecule is O=C(c1cc(F)ccc1O)N1CCc2sccc2C1. The third kappa shape index (κ3) is 2.21. The molecule has 5 heteroatoms. The molecule has 0 radical (unpaired) electrons. The molecular weight excluding hydrogens is 265 g/mol. The van der Waals surface area contributed by atoms with E-state index >= 15 is 0 Å². The van der Waals surface area contributed by atoms with Crippen LogP contribution in [0, 0.1) is 5.82 Å². The molecule has 19 heavy (non-hydrogen) atoms. The van der Waals surface area contributed by atoms with Crippen LogP contribution in [0.3, 0.4) is 0 Å². The molecular formula is C14H12FNO2S. The van der Waals surface area contributed by atoms with E-state index in [9.17, 15) is 14.3 Å². The Kier molecular flexibility index (Phi) is 2.98. The van der Waals surface area contributed by atoms with Gasteiger partial charge in [-0.1, -0.05) is 0 Å². The Morgan fingerprint density at radius 3 is 3.05 bits per heavy atom. The Labute approximate surface area is 113 Å². The lowest BCUT2D eigenvalue weighted by atomic mass is 10.1. The first-order chi connectivity index (χ1) is 9.15. The third-order valence-corrected chi connectivity index (χ3v) is 4.31. The van der Waals surface area contributed by atoms with Gasteiger partial charge in [0.2, 0.25) is 0 Å². The number of halogens is 1. The van der Waals surface area contributed by atoms with Crippen LogP contribution in [0.4, 0.5) is 4.39 Å². The number of phenolic OH excluding ortho intramolecular Hbond substituents is 1. The van der Waals surface area contributed by atoms with Gasteiger partial charge in [0, 0.05) is 18.0 Å². The Morgan fingerprint density at radius 1 is 1.37 bits per heavy atom. The first-order valence-corrected chi connectivity index (χ1v) is 6.86. The summed E-state index contributed by atoms with van der Waals surface area (Å²) >= 11 is 1.69. The monoisotopic (exact) mass is 277 g/mol. The van der Waals surface area contributed by atoms with E-state index in [0.29, 0.717) is 13.1 Å². The second-order valence-electron chi connectivity index (χ2n) is 4.51. The van der Waals surface area contributed by atoms with Crippen molar-refractivity contribution >= 4 is 17.2 Å². The van der Waals surface area contributed by atoms with Crippen molar-refractivity contribution in [3.63, 3.8) is 0 Å². The van der Waals surface area contributed by atoms with Gasteiger partial charge in [-0.05, 0) is 41.6 Å². The molecule has 98 valence electrons. The van der Waals surface area contributed by atoms with Gasteiger partial charge in [0.25, 0.3) is 5.91 Å². The number of phenols is 1. The van der Waals surface area contributed by atoms with E-state index in [0.717, 1.165) is 24.1 Å². The lowest BCUT2D eigenvalue weighted by Crippen LogP contribution is -2.35. The Balaban J connectivity index is 1.87. The van der Waals surface area contributed by atoms with E-state index in [1.807, 2.05) is 11.4 Å². The van der Waals surface area contributed by atoms with Gasteiger partial charge in [-0.3, -0.25) is 4.79 Å². The summed E-state index contributed by atoms with van der Waals surface area (Å²) in [6.07, 6.45) is 0.814. The van der Waals surface area contributed by atoms with Crippen LogP contribution < -0.4 is 0 Å². The first-order valence-electron chi connectivity index (χ1n) is 5.98. The van der Waals surface area contributed by atoms with Crippen molar-refractivity contribution < 1.29 is 14.3 Å². The average Bonchev–Trinajstić information content (AvgIpc) is 2.88. The van der Waals surface area contributed by atoms with Gasteiger partial charge in [-0.15, -0.1) is 11.3 Å². The molecule has 1 aliphatic rings. The van der Waals surface area contributed by atoms with Gasteiger partial charge in [0.1, 0.15) is 11.6 Å². The smallest absolute Gasteiger partial charge is 0.258 e. The molecule has 0 unspecified atom stereocenters. The molecule has 3 rings (SSSR count). The molecule has 0 fully saturated rings. The van der Waals surface area contributed by atoms with Crippen molar-refractivity contribution in [3.8, 4) is 5.75 Å². The molecule has 0 bridgehead atoms. The average molecular weight is 277 g/mol. The predicted octanol–water partition coefficient (Wildman–Crippen LogP) is 2.79. The number of rotatable bonds is 1. The van der Waals surface area contributed by atoms with E-state index in [2.05, 4.69) is 0 Å². The van der Waals surface area contributed by atoms with Gasteiger partial charge >= 0.3 is 0 Å². The predicted molar refractivity (Wildman–Crippen MR) is 70.8 cm³/mol. The summed E-state index contributed by atoms with van der Waals surface area (Å²) in [5.41, 5.74) is 1.17. The van der Waals surface area contributed by atoms with Gasteiger partial charge in [0.05, 0.1) is 5.56 Å². The highest BCUT2D eigenvalue weighted by molar-refractivity contribution is 7.10. The van der Waals surface area contributed by atoms with E-state index < -0.39 is 5.82 Å². The molecule has 0 saturated carbocycles. The number of benzene rings is 1. The van der Waals surface area contributed by atoms with Gasteiger partial charge < -0.3 is 10.0 Å². The van der Waals surface area contributed by atoms with Crippen molar-refractivity contribution in [3.05, 3.63) is 51.5 Å². The highest BCUT2D eigenvalue weighted by Crippen LogP contribution is 2.27. The van der Waals surface area contributed by atoms with Crippen molar-refractivity contribution in [2.45, 2.75) is 13.0 Å². The van der Waals surface area contributed by atoms with Gasteiger partial charge in [0.15, 0.2) is 0 Å². The third-order valence-electron chi connectivity index (χ3n) is 3.28. The van der Waals surface area contributed by atoms with Crippen LogP contribution in [0.1, 0.15) is 20.8 Å². The zero-order valence-corrected chi connectivity index (χ0v) is 10.9. The Morgan fingerprint density at radius 2 is 2.21 bits per heavy atom. The normalized spacial score (nSPS) is 14.3. The highest BCUT2D eigenvalue weighted by atomic mass is 32.1. The maximum Gasteiger partial charge on any atom is 0.258 e. The molecule has 0 aliphatic carbocycles. The largest absolute Gasteiger partial charge is 0.507 e. The summed E-state index contributed by atoms with van der Waals surface area (Å²) in [5.74, 6) is -1.02. The Bertz CT molecular complexity index is 638. The zero-order valence-electron chi connectivity index (χ0n) is 10.1. The molecule has 0 atom stereocenters. The van der Waals surface area contributed by atoms with Crippen LogP contribution >= 0.6 is 11.3 Å². The molecule has 1 aromatic carbocycles. The summed E-state index contributed by atoms with van der Waals surface area (Å²) in [6, 6.07) is 5.44. The molecule has 1 aliphatic heterocycles. The van der Waals surface area contributed by atoms with Crippen molar-refractivity contribution in [2.24, 2.45) is 0 Å². The van der Waals surface area contributed by atoms with Crippen molar-refractivity contribution in [2.75, 3.05) is 6.54 Å². The minimum absolute atomic E-state index is 0.0266. The Hall–Kier alpha value is -1.88. The fraction of sp³-hybridized carbons (Fsp3) is 0.214. The van der Waals surface area contributed by atoms with E-state index in [1.165, 1.54) is 10.9 Å². The maximum atomic E-state index is 13.2. The standard InChI is InChI=1S/C14H12FNO2S/c15-10-1-2-12(17)11(7-10)14(18)16-5-3-13-9(8-16)4-6-19-13/h1-2,4,6-7,17H,3,5,8H2. The van der Waals surface area contributed by atoms with Crippen LogP contribution in [0.2, 0.25) is 0 Å². The van der Waals surface area contributed by atoms with Crippen LogP contribution in [0.5, 0.6) is 5.75 Å². The lowest BCUT2D eigenvalue weighted by molar-refractivity contribution is 0.0732. The fourth-order valence-electron chi connectivity index (χ4n) is 2.27. The summed E-state index contributed by atoms with van der Waals surface area (Å²) in [5, 5.41) is 11.7. The van der Waals surface area contributed by atoms with Crippen LogP contribution in [-0.4, -0.2) is 22.5 Å². The highest BCUT2D eigenvalue weighted by Gasteiger charge is 2.24. The molecule has 1 N–H and O–H groups in total. The maximum absolute atomic E-state index is 13.2. The number of amides is 1. The van der Waals surface area contributed by atoms with Crippen molar-refractivity contribution in [1.82, 2.24) is 4.90 Å². The minimum Gasteiger partial charge on any atom is -0.507 e. The number of hydrogen-bond acceptors (Lipinski definition) is 3. The summed E-state index contributed by atoms with van der Waals surface area (Å²) in [6.45, 7) is 1.12. The topological polar surface area (TPSA) is 40.5 Å². The molecule has 2 heterocycles. The van der Waals surface area contributed by atoms with Gasteiger partial charge in [-0.2, -0.15) is 0 Å². The molecule has 2 aromatic rings. The molecule has 3 nitrogen and oxygen atoms in total. The van der Waals surface area contributed by atoms with E-state index in [1.54, 1.807) is 16.2 Å². The zero-order chi connectivity index (χ0) is 13.4. The second kappa shape index (κ2) is 4.66. The number of aromatic hydroxyl groups is 1. The molecule has 0 saturated heterocycles. The first kappa shape index (κ1) is 12.2. The summed E-state index contributed by atoms with van der Waals surface area (Å²) < 4.78 is 13.2. The van der Waals surface area contributed by atoms with E-state index in [4.69, 9.17) is 0 Å². The van der Waals surface area contributed by atoms with Crippen LogP contribution in [-0.2, 0) is 13.0 Å². The number of carbonyl (C=O) groups excluding carboxylic acids is 1. The fourth-order valence-corrected chi connectivity index (χ4v) is 3.16. The molecule has 0 spiro atoms. The second-order valence-corrected chi connectivity index (χ2v) is 5.51. The van der Waals surface area contributed by atoms with Crippen LogP contribution in [0.15, 0.2) is 29.6 Å². The molecule has 1 amide bonds. The van der Waals surface area contributed by atoms with Crippen LogP contribution in [0.25, 0.3) is 0 Å². The lowest BCUT2D eigenvalue weighted by Gasteiger charge is -2.27. The summed E-state index contributed by atoms with van der Waals surface area (Å²) in [4.78, 5) is 15.2. The number of hydrogen-bond donors (Lipinski definition) is 1. The summed E-state index contributed by atoms with van der Waals surface area (Å²) in [7, 11) is 0. The van der Waals surface area contributed by atoms with E-state index in [-0.39, 0.29) is 17.2 Å². The van der Waals surface area contributed by atoms with Gasteiger partial charge in [-0.25, -0.2) is 4.39 Å². The van der Waals surface area contributed by atoms with Crippen molar-refractivity contribution in [1.29, 1.82) is 0 Å². The quantitative estimate of drug-likeness (QED) is 0.870. The number of nitrogens with zero attached hydrogens (tertiary/aromatic N) is 1. The number of fused-ring (bicyclic) bond motifs is 1.